The van der Waals surface area contributed by atoms with Crippen LogP contribution in [-0.4, -0.2) is 12.0 Å². The van der Waals surface area contributed by atoms with E-state index in [0.29, 0.717) is 6.04 Å². The summed E-state index contributed by atoms with van der Waals surface area (Å²) in [6.45, 7) is 0. The van der Waals surface area contributed by atoms with Crippen LogP contribution in [0.3, 0.4) is 0 Å². The van der Waals surface area contributed by atoms with Gasteiger partial charge in [-0.25, -0.2) is 9.37 Å². The minimum Gasteiger partial charge on any atom is -0.312 e. The van der Waals surface area contributed by atoms with E-state index in [1.54, 1.807) is 23.5 Å². The average Bonchev–Trinajstić information content (AvgIpc) is 2.82. The molecule has 0 fully saturated rings. The molecule has 18 heavy (non-hydrogen) atoms. The molecule has 0 spiro atoms. The molecule has 1 unspecified atom stereocenters. The number of benzene rings is 1. The van der Waals surface area contributed by atoms with Crippen LogP contribution < -0.4 is 5.32 Å². The van der Waals surface area contributed by atoms with Crippen LogP contribution in [0.5, 0.6) is 0 Å². The van der Waals surface area contributed by atoms with E-state index >= 15 is 0 Å². The standard InChI is InChI=1S/C14H15FN2S/c1-16-11-6-3-7-12-13(11)18-14(17-12)9-4-2-5-10(15)8-9/h2,4-5,8,11,16H,3,6-7H2,1H3. The largest absolute Gasteiger partial charge is 0.312 e. The quantitative estimate of drug-likeness (QED) is 0.895. The predicted molar refractivity (Wildman–Crippen MR) is 72.2 cm³/mol. The normalized spacial score (nSPS) is 18.7. The maximum absolute atomic E-state index is 13.2. The highest BCUT2D eigenvalue weighted by Crippen LogP contribution is 2.37. The van der Waals surface area contributed by atoms with E-state index in [1.165, 1.54) is 23.1 Å². The van der Waals surface area contributed by atoms with Crippen molar-refractivity contribution in [1.82, 2.24) is 10.3 Å². The van der Waals surface area contributed by atoms with Gasteiger partial charge in [-0.05, 0) is 38.4 Å². The highest BCUT2D eigenvalue weighted by Gasteiger charge is 2.23. The van der Waals surface area contributed by atoms with Crippen LogP contribution in [0.25, 0.3) is 10.6 Å². The summed E-state index contributed by atoms with van der Waals surface area (Å²) in [5, 5.41) is 4.26. The fourth-order valence-electron chi connectivity index (χ4n) is 2.44. The van der Waals surface area contributed by atoms with Crippen molar-refractivity contribution in [3.8, 4) is 10.6 Å². The molecule has 2 nitrogen and oxygen atoms in total. The van der Waals surface area contributed by atoms with Gasteiger partial charge in [-0.1, -0.05) is 12.1 Å². The first-order chi connectivity index (χ1) is 8.78. The van der Waals surface area contributed by atoms with Gasteiger partial charge in [0.1, 0.15) is 10.8 Å². The number of aromatic nitrogens is 1. The van der Waals surface area contributed by atoms with E-state index in [1.807, 2.05) is 13.1 Å². The van der Waals surface area contributed by atoms with Crippen LogP contribution >= 0.6 is 11.3 Å². The Morgan fingerprint density at radius 1 is 1.44 bits per heavy atom. The molecule has 0 saturated carbocycles. The molecule has 0 saturated heterocycles. The molecule has 1 aromatic carbocycles. The maximum atomic E-state index is 13.2. The molecular formula is C14H15FN2S. The highest BCUT2D eigenvalue weighted by atomic mass is 32.1. The molecule has 1 heterocycles. The summed E-state index contributed by atoms with van der Waals surface area (Å²) < 4.78 is 13.2. The number of halogens is 1. The first-order valence-corrected chi connectivity index (χ1v) is 7.02. The number of nitrogens with one attached hydrogen (secondary N) is 1. The number of thiazole rings is 1. The number of rotatable bonds is 2. The first-order valence-electron chi connectivity index (χ1n) is 6.20. The van der Waals surface area contributed by atoms with Crippen LogP contribution in [0.4, 0.5) is 4.39 Å². The lowest BCUT2D eigenvalue weighted by Crippen LogP contribution is -2.19. The first kappa shape index (κ1) is 11.8. The smallest absolute Gasteiger partial charge is 0.124 e. The molecule has 1 aliphatic carbocycles. The molecule has 94 valence electrons. The molecule has 0 radical (unpaired) electrons. The van der Waals surface area contributed by atoms with Crippen molar-refractivity contribution in [2.75, 3.05) is 7.05 Å². The summed E-state index contributed by atoms with van der Waals surface area (Å²) in [6, 6.07) is 7.09. The molecular weight excluding hydrogens is 247 g/mol. The lowest BCUT2D eigenvalue weighted by atomic mass is 9.98. The van der Waals surface area contributed by atoms with E-state index < -0.39 is 0 Å². The lowest BCUT2D eigenvalue weighted by Gasteiger charge is -2.19. The fraction of sp³-hybridized carbons (Fsp3) is 0.357. The van der Waals surface area contributed by atoms with Gasteiger partial charge in [0.05, 0.1) is 5.69 Å². The van der Waals surface area contributed by atoms with Gasteiger partial charge < -0.3 is 5.32 Å². The second-order valence-corrected chi connectivity index (χ2v) is 5.60. The van der Waals surface area contributed by atoms with E-state index in [4.69, 9.17) is 0 Å². The summed E-state index contributed by atoms with van der Waals surface area (Å²) >= 11 is 1.69. The van der Waals surface area contributed by atoms with Gasteiger partial charge in [-0.15, -0.1) is 11.3 Å². The number of fused-ring (bicyclic) bond motifs is 1. The van der Waals surface area contributed by atoms with Crippen molar-refractivity contribution in [2.24, 2.45) is 0 Å². The molecule has 0 aliphatic heterocycles. The highest BCUT2D eigenvalue weighted by molar-refractivity contribution is 7.15. The van der Waals surface area contributed by atoms with Crippen molar-refractivity contribution >= 4 is 11.3 Å². The Balaban J connectivity index is 2.02. The molecule has 2 aromatic rings. The van der Waals surface area contributed by atoms with Gasteiger partial charge in [0, 0.05) is 16.5 Å². The molecule has 3 rings (SSSR count). The van der Waals surface area contributed by atoms with E-state index in [0.717, 1.165) is 23.4 Å². The summed E-state index contributed by atoms with van der Waals surface area (Å²) in [4.78, 5) is 5.99. The van der Waals surface area contributed by atoms with Gasteiger partial charge in [0.25, 0.3) is 0 Å². The van der Waals surface area contributed by atoms with Crippen molar-refractivity contribution < 1.29 is 4.39 Å². The Morgan fingerprint density at radius 3 is 3.11 bits per heavy atom. The second kappa shape index (κ2) is 4.78. The fourth-order valence-corrected chi connectivity index (χ4v) is 3.69. The summed E-state index contributed by atoms with van der Waals surface area (Å²) in [7, 11) is 1.99. The summed E-state index contributed by atoms with van der Waals surface area (Å²) in [6.07, 6.45) is 3.37. The Kier molecular flexibility index (Phi) is 3.14. The van der Waals surface area contributed by atoms with Crippen molar-refractivity contribution in [2.45, 2.75) is 25.3 Å². The van der Waals surface area contributed by atoms with Gasteiger partial charge in [-0.2, -0.15) is 0 Å². The lowest BCUT2D eigenvalue weighted by molar-refractivity contribution is 0.501. The third kappa shape index (κ3) is 2.06. The van der Waals surface area contributed by atoms with Crippen LogP contribution in [0.15, 0.2) is 24.3 Å². The van der Waals surface area contributed by atoms with E-state index in [-0.39, 0.29) is 5.82 Å². The monoisotopic (exact) mass is 262 g/mol. The summed E-state index contributed by atoms with van der Waals surface area (Å²) in [5.74, 6) is -0.203. The Labute approximate surface area is 110 Å². The Hall–Kier alpha value is -1.26. The van der Waals surface area contributed by atoms with Gasteiger partial charge >= 0.3 is 0 Å². The predicted octanol–water partition coefficient (Wildman–Crippen LogP) is 3.55. The zero-order chi connectivity index (χ0) is 12.5. The third-order valence-electron chi connectivity index (χ3n) is 3.37. The van der Waals surface area contributed by atoms with E-state index in [2.05, 4.69) is 10.3 Å². The van der Waals surface area contributed by atoms with Gasteiger partial charge in [-0.3, -0.25) is 0 Å². The Bertz CT molecular complexity index is 565. The molecule has 1 aliphatic rings. The molecule has 1 aromatic heterocycles. The molecule has 1 atom stereocenters. The third-order valence-corrected chi connectivity index (χ3v) is 4.63. The number of hydrogen-bond acceptors (Lipinski definition) is 3. The minimum atomic E-state index is -0.203. The van der Waals surface area contributed by atoms with E-state index in [9.17, 15) is 4.39 Å². The molecule has 1 N–H and O–H groups in total. The van der Waals surface area contributed by atoms with Gasteiger partial charge in [0.2, 0.25) is 0 Å². The summed E-state index contributed by atoms with van der Waals surface area (Å²) in [5.41, 5.74) is 2.06. The van der Waals surface area contributed by atoms with Crippen LogP contribution in [0, 0.1) is 5.82 Å². The SMILES string of the molecule is CNC1CCCc2nc(-c3cccc(F)c3)sc21. The van der Waals surface area contributed by atoms with Gasteiger partial charge in [0.15, 0.2) is 0 Å². The number of nitrogens with zero attached hydrogens (tertiary/aromatic N) is 1. The molecule has 4 heteroatoms. The topological polar surface area (TPSA) is 24.9 Å². The van der Waals surface area contributed by atoms with Crippen molar-refractivity contribution in [1.29, 1.82) is 0 Å². The molecule has 0 amide bonds. The van der Waals surface area contributed by atoms with Crippen molar-refractivity contribution in [3.05, 3.63) is 40.7 Å². The second-order valence-electron chi connectivity index (χ2n) is 4.57. The molecule has 0 bridgehead atoms. The zero-order valence-electron chi connectivity index (χ0n) is 10.2. The van der Waals surface area contributed by atoms with Crippen LogP contribution in [0.1, 0.15) is 29.5 Å². The minimum absolute atomic E-state index is 0.203. The average molecular weight is 262 g/mol. The zero-order valence-corrected chi connectivity index (χ0v) is 11.1. The van der Waals surface area contributed by atoms with Crippen LogP contribution in [-0.2, 0) is 6.42 Å². The number of aryl methyl sites for hydroxylation is 1. The Morgan fingerprint density at radius 2 is 2.33 bits per heavy atom. The van der Waals surface area contributed by atoms with Crippen LogP contribution in [0.2, 0.25) is 0 Å². The van der Waals surface area contributed by atoms with Crippen molar-refractivity contribution in [3.63, 3.8) is 0 Å². The maximum Gasteiger partial charge on any atom is 0.124 e. The number of hydrogen-bond donors (Lipinski definition) is 1.